The number of rotatable bonds is 5. The molecule has 1 aromatic carbocycles. The van der Waals surface area contributed by atoms with Crippen molar-refractivity contribution in [3.05, 3.63) is 40.4 Å². The number of ether oxygens (including phenoxy) is 1. The van der Waals surface area contributed by atoms with Crippen LogP contribution in [0.15, 0.2) is 29.1 Å². The Kier molecular flexibility index (Phi) is 5.56. The summed E-state index contributed by atoms with van der Waals surface area (Å²) in [6.45, 7) is 5.22. The maximum atomic E-state index is 12.3. The summed E-state index contributed by atoms with van der Waals surface area (Å²) in [5.41, 5.74) is 0.0635. The molecule has 1 aromatic heterocycles. The predicted molar refractivity (Wildman–Crippen MR) is 94.2 cm³/mol. The highest BCUT2D eigenvalue weighted by molar-refractivity contribution is 5.81. The van der Waals surface area contributed by atoms with Gasteiger partial charge in [-0.15, -0.1) is 0 Å². The van der Waals surface area contributed by atoms with Crippen molar-refractivity contribution in [2.75, 3.05) is 6.61 Å². The molecule has 2 rings (SSSR count). The Hall–Kier alpha value is -2.70. The Labute approximate surface area is 146 Å². The van der Waals surface area contributed by atoms with Gasteiger partial charge in [0.05, 0.1) is 17.3 Å². The van der Waals surface area contributed by atoms with Gasteiger partial charge in [0.2, 0.25) is 0 Å². The molecule has 0 aliphatic heterocycles. The summed E-state index contributed by atoms with van der Waals surface area (Å²) in [7, 11) is 1.62. The number of fused-ring (bicyclic) bond motifs is 1. The minimum Gasteiger partial charge on any atom is -0.456 e. The molecule has 1 heterocycles. The number of para-hydroxylation sites is 1. The molecule has 1 N–H and O–H groups in total. The molecule has 1 amide bonds. The van der Waals surface area contributed by atoms with Crippen molar-refractivity contribution in [3.8, 4) is 0 Å². The lowest BCUT2D eigenvalue weighted by Crippen LogP contribution is -2.42. The zero-order valence-corrected chi connectivity index (χ0v) is 15.0. The molecule has 0 aliphatic carbocycles. The minimum absolute atomic E-state index is 0.0431. The van der Waals surface area contributed by atoms with E-state index in [-0.39, 0.29) is 36.5 Å². The van der Waals surface area contributed by atoms with E-state index in [2.05, 4.69) is 10.3 Å². The van der Waals surface area contributed by atoms with E-state index in [1.165, 1.54) is 4.57 Å². The Morgan fingerprint density at radius 2 is 1.92 bits per heavy atom. The maximum Gasteiger partial charge on any atom is 0.306 e. The van der Waals surface area contributed by atoms with Crippen LogP contribution in [-0.2, 0) is 27.8 Å². The summed E-state index contributed by atoms with van der Waals surface area (Å²) in [6, 6.07) is 7.07. The van der Waals surface area contributed by atoms with E-state index in [9.17, 15) is 14.4 Å². The average Bonchev–Trinajstić information content (AvgIpc) is 2.53. The van der Waals surface area contributed by atoms with Crippen molar-refractivity contribution in [1.29, 1.82) is 0 Å². The molecule has 0 saturated heterocycles. The molecule has 7 heteroatoms. The van der Waals surface area contributed by atoms with Crippen LogP contribution in [0.25, 0.3) is 10.9 Å². The number of carbonyl (C=O) groups excluding carboxylic acids is 2. The van der Waals surface area contributed by atoms with E-state index < -0.39 is 5.97 Å². The largest absolute Gasteiger partial charge is 0.456 e. The third-order valence-electron chi connectivity index (χ3n) is 3.51. The Bertz CT molecular complexity index is 850. The molecule has 0 radical (unpaired) electrons. The topological polar surface area (TPSA) is 90.3 Å². The molecule has 25 heavy (non-hydrogen) atoms. The van der Waals surface area contributed by atoms with Crippen molar-refractivity contribution < 1.29 is 14.3 Å². The molecule has 134 valence electrons. The summed E-state index contributed by atoms with van der Waals surface area (Å²) in [5, 5.41) is 3.25. The van der Waals surface area contributed by atoms with Crippen LogP contribution in [0.1, 0.15) is 33.0 Å². The molecule has 0 aliphatic rings. The van der Waals surface area contributed by atoms with Crippen molar-refractivity contribution in [1.82, 2.24) is 14.9 Å². The second kappa shape index (κ2) is 7.46. The number of aromatic nitrogens is 2. The van der Waals surface area contributed by atoms with Crippen molar-refractivity contribution in [2.24, 2.45) is 7.05 Å². The molecule has 2 aromatic rings. The van der Waals surface area contributed by atoms with Crippen LogP contribution in [-0.4, -0.2) is 33.6 Å². The molecule has 0 bridgehead atoms. The quantitative estimate of drug-likeness (QED) is 0.826. The van der Waals surface area contributed by atoms with Gasteiger partial charge in [-0.05, 0) is 32.9 Å². The minimum atomic E-state index is -0.508. The summed E-state index contributed by atoms with van der Waals surface area (Å²) < 4.78 is 6.40. The van der Waals surface area contributed by atoms with Gasteiger partial charge in [0.15, 0.2) is 6.61 Å². The third-order valence-corrected chi connectivity index (χ3v) is 3.51. The van der Waals surface area contributed by atoms with E-state index in [0.717, 1.165) is 0 Å². The third kappa shape index (κ3) is 5.14. The molecular formula is C18H23N3O4. The van der Waals surface area contributed by atoms with Gasteiger partial charge in [-0.1, -0.05) is 12.1 Å². The number of aryl methyl sites for hydroxylation is 1. The number of nitrogens with zero attached hydrogens (tertiary/aromatic N) is 2. The summed E-state index contributed by atoms with van der Waals surface area (Å²) in [4.78, 5) is 40.2. The molecule has 0 atom stereocenters. The number of amides is 1. The first kappa shape index (κ1) is 18.6. The van der Waals surface area contributed by atoms with Gasteiger partial charge in [0.25, 0.3) is 11.5 Å². The standard InChI is InChI=1S/C18H23N3O4/c1-18(2,3)20-15(22)11-25-16(23)10-9-14-19-13-8-6-5-7-12(13)17(24)21(14)4/h5-8H,9-11H2,1-4H3,(H,20,22). The predicted octanol–water partition coefficient (Wildman–Crippen LogP) is 1.32. The van der Waals surface area contributed by atoms with E-state index in [4.69, 9.17) is 4.74 Å². The first-order chi connectivity index (χ1) is 11.7. The van der Waals surface area contributed by atoms with Gasteiger partial charge in [0, 0.05) is 19.0 Å². The van der Waals surface area contributed by atoms with Crippen molar-refractivity contribution in [2.45, 2.75) is 39.2 Å². The van der Waals surface area contributed by atoms with Gasteiger partial charge < -0.3 is 10.1 Å². The number of esters is 1. The SMILES string of the molecule is Cn1c(CCC(=O)OCC(=O)NC(C)(C)C)nc2ccccc2c1=O. The second-order valence-corrected chi connectivity index (χ2v) is 6.87. The molecule has 0 saturated carbocycles. The number of carbonyl (C=O) groups is 2. The highest BCUT2D eigenvalue weighted by Crippen LogP contribution is 2.08. The van der Waals surface area contributed by atoms with E-state index in [0.29, 0.717) is 16.7 Å². The lowest BCUT2D eigenvalue weighted by molar-refractivity contribution is -0.148. The number of benzene rings is 1. The fourth-order valence-electron chi connectivity index (χ4n) is 2.37. The number of hydrogen-bond acceptors (Lipinski definition) is 5. The van der Waals surface area contributed by atoms with E-state index >= 15 is 0 Å². The van der Waals surface area contributed by atoms with Crippen LogP contribution in [0.4, 0.5) is 0 Å². The average molecular weight is 345 g/mol. The zero-order chi connectivity index (χ0) is 18.6. The molecular weight excluding hydrogens is 322 g/mol. The van der Waals surface area contributed by atoms with Crippen LogP contribution < -0.4 is 10.9 Å². The maximum absolute atomic E-state index is 12.3. The fourth-order valence-corrected chi connectivity index (χ4v) is 2.37. The lowest BCUT2D eigenvalue weighted by atomic mass is 10.1. The van der Waals surface area contributed by atoms with Crippen LogP contribution in [0.2, 0.25) is 0 Å². The second-order valence-electron chi connectivity index (χ2n) is 6.87. The van der Waals surface area contributed by atoms with Crippen LogP contribution in [0, 0.1) is 0 Å². The Morgan fingerprint density at radius 1 is 1.24 bits per heavy atom. The van der Waals surface area contributed by atoms with Gasteiger partial charge in [-0.25, -0.2) is 4.98 Å². The summed E-state index contributed by atoms with van der Waals surface area (Å²) in [6.07, 6.45) is 0.303. The lowest BCUT2D eigenvalue weighted by Gasteiger charge is -2.20. The highest BCUT2D eigenvalue weighted by atomic mass is 16.5. The summed E-state index contributed by atoms with van der Waals surface area (Å²) >= 11 is 0. The van der Waals surface area contributed by atoms with Gasteiger partial charge >= 0.3 is 5.97 Å². The van der Waals surface area contributed by atoms with Crippen LogP contribution >= 0.6 is 0 Å². The Balaban J connectivity index is 1.96. The van der Waals surface area contributed by atoms with Crippen LogP contribution in [0.5, 0.6) is 0 Å². The van der Waals surface area contributed by atoms with Crippen molar-refractivity contribution >= 4 is 22.8 Å². The zero-order valence-electron chi connectivity index (χ0n) is 15.0. The normalized spacial score (nSPS) is 11.4. The van der Waals surface area contributed by atoms with E-state index in [1.54, 1.807) is 31.3 Å². The van der Waals surface area contributed by atoms with Gasteiger partial charge in [-0.3, -0.25) is 19.0 Å². The van der Waals surface area contributed by atoms with Crippen molar-refractivity contribution in [3.63, 3.8) is 0 Å². The molecule has 0 fully saturated rings. The first-order valence-corrected chi connectivity index (χ1v) is 8.08. The van der Waals surface area contributed by atoms with Gasteiger partial charge in [-0.2, -0.15) is 0 Å². The highest BCUT2D eigenvalue weighted by Gasteiger charge is 2.16. The number of hydrogen-bond donors (Lipinski definition) is 1. The Morgan fingerprint density at radius 3 is 2.60 bits per heavy atom. The molecule has 0 unspecified atom stereocenters. The first-order valence-electron chi connectivity index (χ1n) is 8.08. The van der Waals surface area contributed by atoms with Crippen LogP contribution in [0.3, 0.4) is 0 Å². The fraction of sp³-hybridized carbons (Fsp3) is 0.444. The molecule has 7 nitrogen and oxygen atoms in total. The number of nitrogens with one attached hydrogen (secondary N) is 1. The molecule has 0 spiro atoms. The monoisotopic (exact) mass is 345 g/mol. The van der Waals surface area contributed by atoms with Gasteiger partial charge in [0.1, 0.15) is 5.82 Å². The van der Waals surface area contributed by atoms with E-state index in [1.807, 2.05) is 20.8 Å². The summed E-state index contributed by atoms with van der Waals surface area (Å²) in [5.74, 6) is -0.358. The smallest absolute Gasteiger partial charge is 0.306 e.